The number of nitrogens with one attached hydrogen (secondary N) is 1. The maximum atomic E-state index is 9.22. The SMILES string of the molecule is COc1ccc(OC)c(-c2cnc(C3(C#N)CC3)[nH]2)c1. The molecule has 5 heteroatoms. The Morgan fingerprint density at radius 2 is 2.10 bits per heavy atom. The molecule has 1 heterocycles. The number of aromatic nitrogens is 2. The third-order valence-electron chi connectivity index (χ3n) is 3.69. The molecule has 0 atom stereocenters. The van der Waals surface area contributed by atoms with E-state index < -0.39 is 5.41 Å². The zero-order chi connectivity index (χ0) is 14.2. The van der Waals surface area contributed by atoms with Gasteiger partial charge in [0.05, 0.1) is 32.2 Å². The summed E-state index contributed by atoms with van der Waals surface area (Å²) >= 11 is 0. The van der Waals surface area contributed by atoms with Crippen LogP contribution in [-0.2, 0) is 5.41 Å². The molecule has 1 aliphatic rings. The number of hydrogen-bond acceptors (Lipinski definition) is 4. The lowest BCUT2D eigenvalue weighted by atomic mass is 10.1. The van der Waals surface area contributed by atoms with Crippen LogP contribution in [0.15, 0.2) is 24.4 Å². The number of benzene rings is 1. The molecule has 102 valence electrons. The Morgan fingerprint density at radius 1 is 1.30 bits per heavy atom. The van der Waals surface area contributed by atoms with Crippen LogP contribution in [0.25, 0.3) is 11.3 Å². The van der Waals surface area contributed by atoms with Crippen LogP contribution in [0.1, 0.15) is 18.7 Å². The Kier molecular flexibility index (Phi) is 2.87. The van der Waals surface area contributed by atoms with Crippen LogP contribution in [-0.4, -0.2) is 24.2 Å². The summed E-state index contributed by atoms with van der Waals surface area (Å²) in [5.41, 5.74) is 1.29. The molecule has 5 nitrogen and oxygen atoms in total. The maximum Gasteiger partial charge on any atom is 0.128 e. The van der Waals surface area contributed by atoms with Crippen LogP contribution in [0.3, 0.4) is 0 Å². The molecule has 0 saturated heterocycles. The number of imidazole rings is 1. The minimum absolute atomic E-state index is 0.412. The number of nitrogens with zero attached hydrogens (tertiary/aromatic N) is 2. The summed E-state index contributed by atoms with van der Waals surface area (Å²) in [7, 11) is 3.25. The molecule has 1 N–H and O–H groups in total. The average Bonchev–Trinajstić information content (AvgIpc) is 3.15. The van der Waals surface area contributed by atoms with Gasteiger partial charge in [0.2, 0.25) is 0 Å². The van der Waals surface area contributed by atoms with Crippen LogP contribution < -0.4 is 9.47 Å². The largest absolute Gasteiger partial charge is 0.497 e. The fourth-order valence-corrected chi connectivity index (χ4v) is 2.25. The maximum absolute atomic E-state index is 9.22. The molecule has 2 aromatic rings. The highest BCUT2D eigenvalue weighted by molar-refractivity contribution is 5.69. The van der Waals surface area contributed by atoms with E-state index in [2.05, 4.69) is 16.0 Å². The van der Waals surface area contributed by atoms with Gasteiger partial charge in [0.25, 0.3) is 0 Å². The predicted molar refractivity (Wildman–Crippen MR) is 73.7 cm³/mol. The molecule has 0 aliphatic heterocycles. The highest BCUT2D eigenvalue weighted by Crippen LogP contribution is 2.46. The van der Waals surface area contributed by atoms with Crippen molar-refractivity contribution < 1.29 is 9.47 Å². The van der Waals surface area contributed by atoms with E-state index in [0.717, 1.165) is 41.4 Å². The highest BCUT2D eigenvalue weighted by atomic mass is 16.5. The Hall–Kier alpha value is -2.48. The van der Waals surface area contributed by atoms with Gasteiger partial charge in [-0.3, -0.25) is 0 Å². The second-order valence-electron chi connectivity index (χ2n) is 4.91. The number of aromatic amines is 1. The second-order valence-corrected chi connectivity index (χ2v) is 4.91. The second kappa shape index (κ2) is 4.57. The third-order valence-corrected chi connectivity index (χ3v) is 3.69. The first-order valence-electron chi connectivity index (χ1n) is 6.41. The van der Waals surface area contributed by atoms with Gasteiger partial charge in [-0.05, 0) is 31.0 Å². The van der Waals surface area contributed by atoms with Gasteiger partial charge in [-0.1, -0.05) is 0 Å². The number of nitriles is 1. The van der Waals surface area contributed by atoms with E-state index in [1.54, 1.807) is 20.4 Å². The molecule has 0 spiro atoms. The number of hydrogen-bond donors (Lipinski definition) is 1. The standard InChI is InChI=1S/C15H15N3O2/c1-19-10-3-4-13(20-2)11(7-10)12-8-17-14(18-12)15(9-16)5-6-15/h3-4,7-8H,5-6H2,1-2H3,(H,17,18). The molecular formula is C15H15N3O2. The van der Waals surface area contributed by atoms with Crippen LogP contribution in [0, 0.1) is 11.3 Å². The van der Waals surface area contributed by atoms with E-state index in [1.807, 2.05) is 18.2 Å². The van der Waals surface area contributed by atoms with Crippen LogP contribution in [0.2, 0.25) is 0 Å². The molecule has 1 aromatic carbocycles. The average molecular weight is 269 g/mol. The first-order valence-corrected chi connectivity index (χ1v) is 6.41. The summed E-state index contributed by atoms with van der Waals surface area (Å²) in [6.45, 7) is 0. The predicted octanol–water partition coefficient (Wildman–Crippen LogP) is 2.65. The zero-order valence-corrected chi connectivity index (χ0v) is 11.4. The highest BCUT2D eigenvalue weighted by Gasteiger charge is 2.47. The van der Waals surface area contributed by atoms with Gasteiger partial charge in [-0.15, -0.1) is 0 Å². The summed E-state index contributed by atoms with van der Waals surface area (Å²) in [6, 6.07) is 7.92. The van der Waals surface area contributed by atoms with Gasteiger partial charge < -0.3 is 14.5 Å². The Bertz CT molecular complexity index is 681. The minimum atomic E-state index is -0.412. The smallest absolute Gasteiger partial charge is 0.128 e. The summed E-state index contributed by atoms with van der Waals surface area (Å²) in [6.07, 6.45) is 3.47. The lowest BCUT2D eigenvalue weighted by Gasteiger charge is -2.09. The molecule has 3 rings (SSSR count). The van der Waals surface area contributed by atoms with Crippen molar-refractivity contribution >= 4 is 0 Å². The Morgan fingerprint density at radius 3 is 2.70 bits per heavy atom. The molecule has 20 heavy (non-hydrogen) atoms. The molecule has 1 saturated carbocycles. The van der Waals surface area contributed by atoms with E-state index in [9.17, 15) is 5.26 Å². The van der Waals surface area contributed by atoms with Gasteiger partial charge in [0.1, 0.15) is 22.7 Å². The van der Waals surface area contributed by atoms with E-state index in [0.29, 0.717) is 0 Å². The fourth-order valence-electron chi connectivity index (χ4n) is 2.25. The first-order chi connectivity index (χ1) is 9.72. The summed E-state index contributed by atoms with van der Waals surface area (Å²) in [4.78, 5) is 7.59. The van der Waals surface area contributed by atoms with E-state index in [4.69, 9.17) is 9.47 Å². The van der Waals surface area contributed by atoms with Crippen molar-refractivity contribution in [3.05, 3.63) is 30.2 Å². The quantitative estimate of drug-likeness (QED) is 0.926. The lowest BCUT2D eigenvalue weighted by Crippen LogP contribution is -2.04. The molecule has 1 aromatic heterocycles. The Labute approximate surface area is 117 Å². The van der Waals surface area contributed by atoms with Crippen LogP contribution in [0.5, 0.6) is 11.5 Å². The first kappa shape index (κ1) is 12.5. The Balaban J connectivity index is 2.03. The van der Waals surface area contributed by atoms with Crippen molar-refractivity contribution in [2.45, 2.75) is 18.3 Å². The van der Waals surface area contributed by atoms with Crippen molar-refractivity contribution in [2.24, 2.45) is 0 Å². The molecule has 0 bridgehead atoms. The number of methoxy groups -OCH3 is 2. The molecule has 0 unspecified atom stereocenters. The number of ether oxygens (including phenoxy) is 2. The third kappa shape index (κ3) is 1.90. The van der Waals surface area contributed by atoms with Crippen molar-refractivity contribution in [2.75, 3.05) is 14.2 Å². The molecule has 0 radical (unpaired) electrons. The van der Waals surface area contributed by atoms with Crippen molar-refractivity contribution in [3.8, 4) is 28.8 Å². The van der Waals surface area contributed by atoms with Gasteiger partial charge in [-0.2, -0.15) is 5.26 Å². The summed E-state index contributed by atoms with van der Waals surface area (Å²) < 4.78 is 10.6. The summed E-state index contributed by atoms with van der Waals surface area (Å²) in [5, 5.41) is 9.22. The lowest BCUT2D eigenvalue weighted by molar-refractivity contribution is 0.404. The van der Waals surface area contributed by atoms with Gasteiger partial charge in [-0.25, -0.2) is 4.98 Å². The topological polar surface area (TPSA) is 70.9 Å². The van der Waals surface area contributed by atoms with Gasteiger partial charge >= 0.3 is 0 Å². The number of H-pyrrole nitrogens is 1. The normalized spacial score (nSPS) is 15.4. The van der Waals surface area contributed by atoms with Crippen molar-refractivity contribution in [1.29, 1.82) is 5.26 Å². The van der Waals surface area contributed by atoms with Gasteiger partial charge in [0.15, 0.2) is 0 Å². The van der Waals surface area contributed by atoms with Crippen LogP contribution >= 0.6 is 0 Å². The van der Waals surface area contributed by atoms with E-state index in [-0.39, 0.29) is 0 Å². The van der Waals surface area contributed by atoms with Crippen LogP contribution in [0.4, 0.5) is 0 Å². The van der Waals surface area contributed by atoms with Crippen molar-refractivity contribution in [1.82, 2.24) is 9.97 Å². The van der Waals surface area contributed by atoms with E-state index in [1.165, 1.54) is 0 Å². The molecule has 1 fully saturated rings. The fraction of sp³-hybridized carbons (Fsp3) is 0.333. The molecular weight excluding hydrogens is 254 g/mol. The number of rotatable bonds is 4. The van der Waals surface area contributed by atoms with Gasteiger partial charge in [0, 0.05) is 5.56 Å². The minimum Gasteiger partial charge on any atom is -0.497 e. The van der Waals surface area contributed by atoms with Crippen molar-refractivity contribution in [3.63, 3.8) is 0 Å². The summed E-state index contributed by atoms with van der Waals surface area (Å²) in [5.74, 6) is 2.22. The monoisotopic (exact) mass is 269 g/mol. The molecule has 0 amide bonds. The molecule has 1 aliphatic carbocycles. The zero-order valence-electron chi connectivity index (χ0n) is 11.4. The van der Waals surface area contributed by atoms with E-state index >= 15 is 0 Å².